The molecule has 1 saturated carbocycles. The van der Waals surface area contributed by atoms with Crippen molar-refractivity contribution in [3.8, 4) is 0 Å². The zero-order chi connectivity index (χ0) is 19.3. The van der Waals surface area contributed by atoms with Gasteiger partial charge >= 0.3 is 0 Å². The first-order chi connectivity index (χ1) is 13.6. The molecule has 0 radical (unpaired) electrons. The van der Waals surface area contributed by atoms with Crippen LogP contribution in [0.3, 0.4) is 0 Å². The zero-order valence-electron chi connectivity index (χ0n) is 15.7. The average Bonchev–Trinajstić information content (AvgIpc) is 3.31. The molecular weight excluding hydrogens is 422 g/mol. The number of hydrogen-bond donors (Lipinski definition) is 0. The molecule has 3 aliphatic heterocycles. The zero-order valence-corrected chi connectivity index (χ0v) is 17.3. The van der Waals surface area contributed by atoms with E-state index in [2.05, 4.69) is 15.9 Å². The second kappa shape index (κ2) is 7.30. The van der Waals surface area contributed by atoms with Gasteiger partial charge in [-0.2, -0.15) is 0 Å². The molecule has 0 aromatic heterocycles. The van der Waals surface area contributed by atoms with E-state index < -0.39 is 0 Å². The van der Waals surface area contributed by atoms with Gasteiger partial charge in [-0.3, -0.25) is 9.59 Å². The van der Waals surface area contributed by atoms with Crippen LogP contribution in [0.15, 0.2) is 41.7 Å². The number of hydrogen-bond acceptors (Lipinski definition) is 4. The number of ketones is 1. The average molecular weight is 446 g/mol. The quantitative estimate of drug-likeness (QED) is 0.667. The number of fused-ring (bicyclic) bond motifs is 1. The van der Waals surface area contributed by atoms with Crippen LogP contribution >= 0.6 is 15.9 Å². The van der Waals surface area contributed by atoms with Crippen LogP contribution in [0.5, 0.6) is 0 Å². The van der Waals surface area contributed by atoms with Crippen LogP contribution < -0.4 is 0 Å². The first kappa shape index (κ1) is 18.4. The van der Waals surface area contributed by atoms with Gasteiger partial charge in [0.05, 0.1) is 23.6 Å². The van der Waals surface area contributed by atoms with Crippen LogP contribution in [-0.4, -0.2) is 46.8 Å². The third-order valence-corrected chi connectivity index (χ3v) is 7.25. The van der Waals surface area contributed by atoms with Crippen LogP contribution in [0, 0.1) is 5.92 Å². The van der Waals surface area contributed by atoms with Crippen molar-refractivity contribution in [3.63, 3.8) is 0 Å². The second-order valence-corrected chi connectivity index (χ2v) is 9.48. The van der Waals surface area contributed by atoms with E-state index in [1.165, 1.54) is 0 Å². The molecular formula is C22H24BrNO4. The third-order valence-electron chi connectivity index (χ3n) is 6.42. The molecule has 5 nitrogen and oxygen atoms in total. The molecule has 4 aliphatic rings. The number of Topliss-reactive ketones (excluding diaryl/α,β-unsaturated/α-hetero) is 1. The smallest absolute Gasteiger partial charge is 0.290 e. The van der Waals surface area contributed by atoms with E-state index in [9.17, 15) is 9.59 Å². The van der Waals surface area contributed by atoms with Gasteiger partial charge in [-0.05, 0) is 37.7 Å². The number of carbonyl (C=O) groups excluding carboxylic acids is 2. The summed E-state index contributed by atoms with van der Waals surface area (Å²) in [5.41, 5.74) is 1.51. The maximum Gasteiger partial charge on any atom is 0.290 e. The number of amides is 1. The summed E-state index contributed by atoms with van der Waals surface area (Å²) >= 11 is 3.67. The highest BCUT2D eigenvalue weighted by Gasteiger charge is 2.53. The Morgan fingerprint density at radius 3 is 2.68 bits per heavy atom. The molecule has 5 unspecified atom stereocenters. The lowest BCUT2D eigenvalue weighted by Gasteiger charge is -2.37. The van der Waals surface area contributed by atoms with E-state index >= 15 is 0 Å². The maximum atomic E-state index is 13.5. The van der Waals surface area contributed by atoms with Crippen molar-refractivity contribution < 1.29 is 19.1 Å². The molecule has 1 saturated heterocycles. The summed E-state index contributed by atoms with van der Waals surface area (Å²) in [5.74, 6) is 0.0456. The first-order valence-electron chi connectivity index (χ1n) is 10.2. The molecule has 6 heteroatoms. The van der Waals surface area contributed by atoms with Crippen molar-refractivity contribution in [3.05, 3.63) is 47.2 Å². The summed E-state index contributed by atoms with van der Waals surface area (Å²) in [6.07, 6.45) is 4.35. The maximum absolute atomic E-state index is 13.5. The van der Waals surface area contributed by atoms with Crippen LogP contribution in [0.1, 0.15) is 43.7 Å². The molecule has 3 heterocycles. The van der Waals surface area contributed by atoms with Crippen LogP contribution in [-0.2, 0) is 19.1 Å². The number of nitrogens with zero attached hydrogens (tertiary/aromatic N) is 1. The molecule has 0 bridgehead atoms. The fraction of sp³-hybridized carbons (Fsp3) is 0.545. The standard InChI is InChI=1S/C22H24BrNO4/c23-14-8-9-17-16(11-14)20(25)18-19(13-5-2-1-3-6-13)24(22(26)21(18)28-17)12-15-7-4-10-27-15/h1-3,5-6,14-17,19H,4,7-12H2. The van der Waals surface area contributed by atoms with E-state index in [4.69, 9.17) is 9.47 Å². The molecule has 1 aliphatic carbocycles. The molecule has 1 aromatic rings. The molecule has 0 spiro atoms. The lowest BCUT2D eigenvalue weighted by atomic mass is 9.77. The summed E-state index contributed by atoms with van der Waals surface area (Å²) in [6, 6.07) is 9.46. The fourth-order valence-corrected chi connectivity index (χ4v) is 5.71. The van der Waals surface area contributed by atoms with Crippen molar-refractivity contribution in [1.29, 1.82) is 0 Å². The van der Waals surface area contributed by atoms with Gasteiger partial charge < -0.3 is 14.4 Å². The summed E-state index contributed by atoms with van der Waals surface area (Å²) in [5, 5.41) is 0. The van der Waals surface area contributed by atoms with Crippen LogP contribution in [0.2, 0.25) is 0 Å². The SMILES string of the molecule is O=C1C2=C(OC3CCC(Br)CC13)C(=O)N(CC1CCCO1)C2c1ccccc1. The highest BCUT2D eigenvalue weighted by molar-refractivity contribution is 9.09. The Hall–Kier alpha value is -1.66. The Balaban J connectivity index is 1.54. The van der Waals surface area contributed by atoms with Gasteiger partial charge in [0.2, 0.25) is 0 Å². The van der Waals surface area contributed by atoms with Crippen LogP contribution in [0.4, 0.5) is 0 Å². The molecule has 28 heavy (non-hydrogen) atoms. The van der Waals surface area contributed by atoms with E-state index in [-0.39, 0.29) is 41.6 Å². The molecule has 5 atom stereocenters. The predicted octanol–water partition coefficient (Wildman–Crippen LogP) is 3.53. The van der Waals surface area contributed by atoms with Crippen LogP contribution in [0.25, 0.3) is 0 Å². The topological polar surface area (TPSA) is 55.8 Å². The van der Waals surface area contributed by atoms with Gasteiger partial charge in [0.1, 0.15) is 6.10 Å². The highest BCUT2D eigenvalue weighted by Crippen LogP contribution is 2.47. The second-order valence-electron chi connectivity index (χ2n) is 8.19. The highest BCUT2D eigenvalue weighted by atomic mass is 79.9. The number of benzene rings is 1. The molecule has 1 aromatic carbocycles. The van der Waals surface area contributed by atoms with Gasteiger partial charge in [-0.15, -0.1) is 0 Å². The lowest BCUT2D eigenvalue weighted by molar-refractivity contribution is -0.136. The molecule has 2 fully saturated rings. The van der Waals surface area contributed by atoms with E-state index in [1.807, 2.05) is 30.3 Å². The van der Waals surface area contributed by atoms with Gasteiger partial charge in [0, 0.05) is 18.0 Å². The minimum absolute atomic E-state index is 0.0285. The van der Waals surface area contributed by atoms with Gasteiger partial charge in [0.15, 0.2) is 11.5 Å². The Bertz CT molecular complexity index is 817. The van der Waals surface area contributed by atoms with Crippen molar-refractivity contribution in [2.45, 2.75) is 55.2 Å². The summed E-state index contributed by atoms with van der Waals surface area (Å²) < 4.78 is 12.0. The number of ether oxygens (including phenoxy) is 2. The number of carbonyl (C=O) groups is 2. The summed E-state index contributed by atoms with van der Waals surface area (Å²) in [6.45, 7) is 1.24. The largest absolute Gasteiger partial charge is 0.483 e. The molecule has 5 rings (SSSR count). The number of rotatable bonds is 3. The van der Waals surface area contributed by atoms with Gasteiger partial charge in [-0.1, -0.05) is 46.3 Å². The number of alkyl halides is 1. The van der Waals surface area contributed by atoms with Crippen molar-refractivity contribution >= 4 is 27.6 Å². The fourth-order valence-electron chi connectivity index (χ4n) is 5.04. The van der Waals surface area contributed by atoms with E-state index in [0.717, 1.165) is 44.3 Å². The van der Waals surface area contributed by atoms with Crippen molar-refractivity contribution in [1.82, 2.24) is 4.90 Å². The lowest BCUT2D eigenvalue weighted by Crippen LogP contribution is -2.41. The van der Waals surface area contributed by atoms with E-state index in [0.29, 0.717) is 16.9 Å². The van der Waals surface area contributed by atoms with Gasteiger partial charge in [0.25, 0.3) is 5.91 Å². The predicted molar refractivity (Wildman–Crippen MR) is 107 cm³/mol. The Morgan fingerprint density at radius 1 is 1.11 bits per heavy atom. The molecule has 0 N–H and O–H groups in total. The number of halogens is 1. The minimum Gasteiger partial charge on any atom is -0.483 e. The van der Waals surface area contributed by atoms with Gasteiger partial charge in [-0.25, -0.2) is 0 Å². The first-order valence-corrected chi connectivity index (χ1v) is 11.1. The minimum atomic E-state index is -0.378. The Kier molecular flexibility index (Phi) is 4.79. The summed E-state index contributed by atoms with van der Waals surface area (Å²) in [4.78, 5) is 29.0. The summed E-state index contributed by atoms with van der Waals surface area (Å²) in [7, 11) is 0. The molecule has 1 amide bonds. The van der Waals surface area contributed by atoms with E-state index in [1.54, 1.807) is 4.90 Å². The van der Waals surface area contributed by atoms with Crippen molar-refractivity contribution in [2.75, 3.05) is 13.2 Å². The normalized spacial score (nSPS) is 35.0. The monoisotopic (exact) mass is 445 g/mol. The Labute approximate surface area is 173 Å². The van der Waals surface area contributed by atoms with Crippen molar-refractivity contribution in [2.24, 2.45) is 5.92 Å². The Morgan fingerprint density at radius 2 is 1.93 bits per heavy atom. The molecule has 148 valence electrons. The third kappa shape index (κ3) is 3.01.